The Labute approximate surface area is 138 Å². The van der Waals surface area contributed by atoms with Crippen LogP contribution in [-0.4, -0.2) is 29.3 Å². The highest BCUT2D eigenvalue weighted by Crippen LogP contribution is 2.39. The number of hydrogen-bond acceptors (Lipinski definition) is 4. The summed E-state index contributed by atoms with van der Waals surface area (Å²) < 4.78 is 7.93. The molecule has 1 aliphatic carbocycles. The summed E-state index contributed by atoms with van der Waals surface area (Å²) in [6.45, 7) is 0. The Kier molecular flexibility index (Phi) is 4.16. The lowest BCUT2D eigenvalue weighted by Crippen LogP contribution is -2.09. The van der Waals surface area contributed by atoms with Gasteiger partial charge in [-0.15, -0.1) is 0 Å². The van der Waals surface area contributed by atoms with Crippen LogP contribution in [0.5, 0.6) is 0 Å². The van der Waals surface area contributed by atoms with Gasteiger partial charge in [0.25, 0.3) is 5.69 Å². The number of thioether (sulfide) groups is 1. The Morgan fingerprint density at radius 2 is 1.70 bits per heavy atom. The fourth-order valence-corrected chi connectivity index (χ4v) is 2.96. The zero-order valence-electron chi connectivity index (χ0n) is 12.7. The first-order chi connectivity index (χ1) is 11.0. The van der Waals surface area contributed by atoms with Gasteiger partial charge in [0.1, 0.15) is 19.9 Å². The van der Waals surface area contributed by atoms with E-state index >= 15 is 0 Å². The largest absolute Gasteiger partial charge is 0.448 e. The van der Waals surface area contributed by atoms with Crippen LogP contribution in [0.1, 0.15) is 5.56 Å². The van der Waals surface area contributed by atoms with Crippen molar-refractivity contribution in [2.75, 3.05) is 14.1 Å². The molecule has 1 aromatic carbocycles. The van der Waals surface area contributed by atoms with Gasteiger partial charge in [0.05, 0.1) is 4.92 Å². The van der Waals surface area contributed by atoms with E-state index in [0.29, 0.717) is 5.76 Å². The summed E-state index contributed by atoms with van der Waals surface area (Å²) in [4.78, 5) is 10.3. The first-order valence-corrected chi connectivity index (χ1v) is 7.87. The van der Waals surface area contributed by atoms with Crippen molar-refractivity contribution >= 4 is 28.9 Å². The van der Waals surface area contributed by atoms with Crippen LogP contribution in [0.3, 0.4) is 0 Å². The maximum absolute atomic E-state index is 10.7. The number of nitrogens with zero attached hydrogens (tertiary/aromatic N) is 2. The topological polar surface area (TPSA) is 55.4 Å². The first-order valence-electron chi connectivity index (χ1n) is 6.99. The molecule has 0 N–H and O–H groups in total. The van der Waals surface area contributed by atoms with E-state index < -0.39 is 4.92 Å². The van der Waals surface area contributed by atoms with Gasteiger partial charge in [0, 0.05) is 40.8 Å². The number of non-ortho nitro benzene ring substituents is 1. The van der Waals surface area contributed by atoms with Crippen molar-refractivity contribution < 1.29 is 14.2 Å². The Bertz CT molecular complexity index is 793. The zero-order valence-corrected chi connectivity index (χ0v) is 13.5. The first kappa shape index (κ1) is 15.3. The lowest BCUT2D eigenvalue weighted by atomic mass is 10.1. The third-order valence-corrected chi connectivity index (χ3v) is 4.32. The Morgan fingerprint density at radius 1 is 1.04 bits per heavy atom. The number of nitro benzene ring substituents is 1. The molecule has 5 nitrogen and oxygen atoms in total. The summed E-state index contributed by atoms with van der Waals surface area (Å²) in [5.41, 5.74) is 3.03. The van der Waals surface area contributed by atoms with Gasteiger partial charge >= 0.3 is 0 Å². The third kappa shape index (κ3) is 3.27. The predicted molar refractivity (Wildman–Crippen MR) is 92.2 cm³/mol. The van der Waals surface area contributed by atoms with Gasteiger partial charge in [0.2, 0.25) is 0 Å². The van der Waals surface area contributed by atoms with Crippen molar-refractivity contribution in [3.05, 3.63) is 80.3 Å². The van der Waals surface area contributed by atoms with E-state index in [1.54, 1.807) is 12.1 Å². The molecule has 116 valence electrons. The molecule has 0 atom stereocenters. The summed E-state index contributed by atoms with van der Waals surface area (Å²) in [7, 11) is 3.99. The van der Waals surface area contributed by atoms with Gasteiger partial charge in [-0.3, -0.25) is 10.1 Å². The number of rotatable bonds is 2. The molecule has 0 saturated heterocycles. The number of hydrogen-bond donors (Lipinski definition) is 0. The number of ether oxygens (including phenoxy) is 1. The highest BCUT2D eigenvalue weighted by molar-refractivity contribution is 8.06. The third-order valence-electron chi connectivity index (χ3n) is 3.46. The smallest absolute Gasteiger partial charge is 0.269 e. The molecule has 3 rings (SSSR count). The SMILES string of the molecule is C[N+](C)=C1C=CC(=C2OC(c3ccc([N+](=O)[O-])cc3)=CS2)C=C1. The van der Waals surface area contributed by atoms with E-state index in [-0.39, 0.29) is 5.69 Å². The monoisotopic (exact) mass is 327 g/mol. The van der Waals surface area contributed by atoms with Gasteiger partial charge in [0.15, 0.2) is 10.8 Å². The number of nitro groups is 1. The van der Waals surface area contributed by atoms with Crippen LogP contribution < -0.4 is 0 Å². The predicted octanol–water partition coefficient (Wildman–Crippen LogP) is 3.71. The molecule has 6 heteroatoms. The van der Waals surface area contributed by atoms with Gasteiger partial charge in [-0.05, 0) is 24.3 Å². The normalized spacial score (nSPS) is 16.4. The second-order valence-corrected chi connectivity index (χ2v) is 6.08. The molecule has 23 heavy (non-hydrogen) atoms. The Morgan fingerprint density at radius 3 is 2.26 bits per heavy atom. The lowest BCUT2D eigenvalue weighted by molar-refractivity contribution is -0.462. The molecule has 0 bridgehead atoms. The van der Waals surface area contributed by atoms with Crippen LogP contribution in [-0.2, 0) is 4.74 Å². The minimum atomic E-state index is -0.410. The summed E-state index contributed by atoms with van der Waals surface area (Å²) in [6.07, 6.45) is 8.11. The van der Waals surface area contributed by atoms with Crippen molar-refractivity contribution in [2.24, 2.45) is 0 Å². The number of allylic oxidation sites excluding steroid dienone is 5. The van der Waals surface area contributed by atoms with E-state index in [4.69, 9.17) is 4.74 Å². The van der Waals surface area contributed by atoms with E-state index in [1.807, 2.05) is 48.4 Å². The van der Waals surface area contributed by atoms with Crippen molar-refractivity contribution in [3.8, 4) is 0 Å². The maximum atomic E-state index is 10.7. The fourth-order valence-electron chi connectivity index (χ4n) is 2.15. The van der Waals surface area contributed by atoms with Crippen molar-refractivity contribution in [2.45, 2.75) is 0 Å². The summed E-state index contributed by atoms with van der Waals surface area (Å²) in [6, 6.07) is 6.35. The van der Waals surface area contributed by atoms with E-state index in [9.17, 15) is 10.1 Å². The van der Waals surface area contributed by atoms with E-state index in [1.165, 1.54) is 23.9 Å². The highest BCUT2D eigenvalue weighted by atomic mass is 32.2. The highest BCUT2D eigenvalue weighted by Gasteiger charge is 2.19. The molecular weight excluding hydrogens is 312 g/mol. The Balaban J connectivity index is 1.77. The van der Waals surface area contributed by atoms with E-state index in [0.717, 1.165) is 21.9 Å². The molecule has 0 saturated carbocycles. The summed E-state index contributed by atoms with van der Waals surface area (Å²) in [5.74, 6) is 0.705. The fraction of sp³-hybridized carbons (Fsp3) is 0.118. The van der Waals surface area contributed by atoms with Gasteiger partial charge in [-0.2, -0.15) is 0 Å². The summed E-state index contributed by atoms with van der Waals surface area (Å²) >= 11 is 1.51. The molecule has 1 heterocycles. The van der Waals surface area contributed by atoms with Crippen LogP contribution in [0.15, 0.2) is 64.6 Å². The van der Waals surface area contributed by atoms with Gasteiger partial charge < -0.3 is 4.74 Å². The van der Waals surface area contributed by atoms with Crippen molar-refractivity contribution in [1.82, 2.24) is 0 Å². The molecule has 0 unspecified atom stereocenters. The minimum Gasteiger partial charge on any atom is -0.448 e. The van der Waals surface area contributed by atoms with Crippen LogP contribution in [0, 0.1) is 10.1 Å². The van der Waals surface area contributed by atoms with Crippen molar-refractivity contribution in [3.63, 3.8) is 0 Å². The average molecular weight is 327 g/mol. The molecule has 1 aromatic rings. The summed E-state index contributed by atoms with van der Waals surface area (Å²) in [5, 5.41) is 13.4. The van der Waals surface area contributed by atoms with E-state index in [2.05, 4.69) is 0 Å². The molecule has 0 radical (unpaired) electrons. The molecule has 2 aliphatic rings. The zero-order chi connectivity index (χ0) is 16.4. The Hall–Kier alpha value is -2.60. The minimum absolute atomic E-state index is 0.0727. The van der Waals surface area contributed by atoms with Crippen LogP contribution in [0.4, 0.5) is 5.69 Å². The van der Waals surface area contributed by atoms with Gasteiger partial charge in [-0.1, -0.05) is 11.8 Å². The molecule has 1 aliphatic heterocycles. The molecule has 0 amide bonds. The second-order valence-electron chi connectivity index (χ2n) is 5.23. The molecule has 0 fully saturated rings. The quantitative estimate of drug-likeness (QED) is 0.472. The molecular formula is C17H15N2O3S+. The molecule has 0 spiro atoms. The molecule has 0 aromatic heterocycles. The number of benzene rings is 1. The standard InChI is InChI=1S/C17H15N2O3S/c1-18(2)14-7-5-13(6-8-14)17-22-16(11-23-17)12-3-9-15(10-4-12)19(20)21/h3-11H,1-2H3/q+1. The van der Waals surface area contributed by atoms with Crippen LogP contribution in [0.25, 0.3) is 5.76 Å². The van der Waals surface area contributed by atoms with Gasteiger partial charge in [-0.25, -0.2) is 4.58 Å². The van der Waals surface area contributed by atoms with Crippen LogP contribution in [0.2, 0.25) is 0 Å². The van der Waals surface area contributed by atoms with Crippen LogP contribution >= 0.6 is 11.8 Å². The average Bonchev–Trinajstić information content (AvgIpc) is 3.05. The lowest BCUT2D eigenvalue weighted by Gasteiger charge is -2.08. The van der Waals surface area contributed by atoms with Crippen molar-refractivity contribution in [1.29, 1.82) is 0 Å². The second kappa shape index (κ2) is 6.26. The maximum Gasteiger partial charge on any atom is 0.269 e.